The first-order chi connectivity index (χ1) is 14.2. The Labute approximate surface area is 180 Å². The topological polar surface area (TPSA) is 108 Å². The molecular weight excluding hydrogens is 483 g/mol. The maximum Gasteiger partial charge on any atom is 0.360 e. The van der Waals surface area contributed by atoms with E-state index in [9.17, 15) is 17.6 Å². The lowest BCUT2D eigenvalue weighted by atomic mass is 10.1. The summed E-state index contributed by atoms with van der Waals surface area (Å²) in [4.78, 5) is 11.5. The van der Waals surface area contributed by atoms with Gasteiger partial charge >= 0.3 is 5.97 Å². The fourth-order valence-electron chi connectivity index (χ4n) is 2.52. The number of benzene rings is 2. The van der Waals surface area contributed by atoms with Gasteiger partial charge in [-0.15, -0.1) is 0 Å². The van der Waals surface area contributed by atoms with Crippen LogP contribution in [0.3, 0.4) is 0 Å². The molecule has 0 radical (unpaired) electrons. The third-order valence-electron chi connectivity index (χ3n) is 3.91. The van der Waals surface area contributed by atoms with Crippen molar-refractivity contribution in [3.05, 3.63) is 58.4 Å². The molecular formula is C19H16BrFN2O6S. The van der Waals surface area contributed by atoms with Gasteiger partial charge < -0.3 is 14.0 Å². The van der Waals surface area contributed by atoms with Gasteiger partial charge in [0, 0.05) is 16.1 Å². The summed E-state index contributed by atoms with van der Waals surface area (Å²) in [6, 6.07) is 9.47. The van der Waals surface area contributed by atoms with Crippen molar-refractivity contribution in [3.8, 4) is 17.1 Å². The maximum absolute atomic E-state index is 14.1. The molecule has 0 unspecified atom stereocenters. The van der Waals surface area contributed by atoms with Crippen LogP contribution < -0.4 is 9.46 Å². The molecule has 0 saturated carbocycles. The molecule has 1 N–H and O–H groups in total. The molecule has 0 aliphatic heterocycles. The number of ether oxygens (including phenoxy) is 2. The summed E-state index contributed by atoms with van der Waals surface area (Å²) < 4.78 is 57.7. The van der Waals surface area contributed by atoms with E-state index in [0.29, 0.717) is 10.0 Å². The molecule has 0 aliphatic rings. The lowest BCUT2D eigenvalue weighted by molar-refractivity contribution is 0.0514. The number of esters is 1. The number of nitrogens with zero attached hydrogens (tertiary/aromatic N) is 1. The minimum absolute atomic E-state index is 0.0360. The van der Waals surface area contributed by atoms with E-state index in [1.165, 1.54) is 43.5 Å². The van der Waals surface area contributed by atoms with Crippen LogP contribution in [0.5, 0.6) is 5.75 Å². The van der Waals surface area contributed by atoms with Crippen LogP contribution in [0.1, 0.15) is 17.4 Å². The quantitative estimate of drug-likeness (QED) is 0.485. The zero-order valence-electron chi connectivity index (χ0n) is 15.8. The summed E-state index contributed by atoms with van der Waals surface area (Å²) in [5.74, 6) is -1.24. The van der Waals surface area contributed by atoms with Crippen LogP contribution in [0.15, 0.2) is 56.4 Å². The Hall–Kier alpha value is -2.92. The molecule has 0 aliphatic carbocycles. The fourth-order valence-corrected chi connectivity index (χ4v) is 4.12. The molecule has 0 saturated heterocycles. The number of hydrogen-bond acceptors (Lipinski definition) is 7. The number of carbonyl (C=O) groups is 1. The Morgan fingerprint density at radius 3 is 2.67 bits per heavy atom. The number of hydrogen-bond donors (Lipinski definition) is 1. The average molecular weight is 499 g/mol. The van der Waals surface area contributed by atoms with Crippen molar-refractivity contribution in [3.63, 3.8) is 0 Å². The Balaban J connectivity index is 1.99. The molecule has 158 valence electrons. The Morgan fingerprint density at radius 2 is 2.00 bits per heavy atom. The van der Waals surface area contributed by atoms with Crippen LogP contribution in [-0.4, -0.2) is 33.3 Å². The van der Waals surface area contributed by atoms with Crippen LogP contribution in [0, 0.1) is 5.82 Å². The molecule has 0 bridgehead atoms. The fraction of sp³-hybridized carbons (Fsp3) is 0.158. The minimum Gasteiger partial charge on any atom is -0.495 e. The van der Waals surface area contributed by atoms with Gasteiger partial charge in [-0.05, 0) is 43.3 Å². The van der Waals surface area contributed by atoms with Crippen LogP contribution in [0.2, 0.25) is 0 Å². The van der Waals surface area contributed by atoms with Gasteiger partial charge in [0.15, 0.2) is 11.5 Å². The zero-order valence-corrected chi connectivity index (χ0v) is 18.2. The van der Waals surface area contributed by atoms with Crippen LogP contribution in [0.25, 0.3) is 11.3 Å². The number of carbonyl (C=O) groups excluding carboxylic acids is 1. The van der Waals surface area contributed by atoms with Crippen molar-refractivity contribution in [2.45, 2.75) is 11.8 Å². The number of anilines is 1. The summed E-state index contributed by atoms with van der Waals surface area (Å²) in [6.45, 7) is 1.82. The summed E-state index contributed by atoms with van der Waals surface area (Å²) in [6.07, 6.45) is 0. The molecule has 3 rings (SSSR count). The van der Waals surface area contributed by atoms with E-state index in [1.54, 1.807) is 6.92 Å². The van der Waals surface area contributed by atoms with E-state index < -0.39 is 21.8 Å². The summed E-state index contributed by atoms with van der Waals surface area (Å²) in [7, 11) is -2.92. The molecule has 30 heavy (non-hydrogen) atoms. The van der Waals surface area contributed by atoms with Gasteiger partial charge in [0.2, 0.25) is 0 Å². The van der Waals surface area contributed by atoms with Gasteiger partial charge in [-0.1, -0.05) is 21.1 Å². The molecule has 0 spiro atoms. The highest BCUT2D eigenvalue weighted by molar-refractivity contribution is 9.10. The maximum atomic E-state index is 14.1. The van der Waals surface area contributed by atoms with E-state index in [4.69, 9.17) is 14.0 Å². The predicted octanol–water partition coefficient (Wildman–Crippen LogP) is 4.23. The monoisotopic (exact) mass is 498 g/mol. The van der Waals surface area contributed by atoms with Crippen molar-refractivity contribution in [2.24, 2.45) is 0 Å². The summed E-state index contributed by atoms with van der Waals surface area (Å²) in [5, 5.41) is 3.63. The SMILES string of the molecule is CCOC(=O)c1cc(-c2ccc(OC)c(S(=O)(=O)Nc3ccc(Br)cc3F)c2)on1. The Bertz CT molecular complexity index is 1200. The van der Waals surface area contributed by atoms with E-state index in [0.717, 1.165) is 6.07 Å². The lowest BCUT2D eigenvalue weighted by Crippen LogP contribution is -2.15. The molecule has 11 heteroatoms. The second kappa shape index (κ2) is 8.84. The van der Waals surface area contributed by atoms with Gasteiger partial charge in [-0.25, -0.2) is 17.6 Å². The number of methoxy groups -OCH3 is 1. The second-order valence-electron chi connectivity index (χ2n) is 5.89. The van der Waals surface area contributed by atoms with Crippen molar-refractivity contribution >= 4 is 37.6 Å². The molecule has 2 aromatic carbocycles. The first kappa shape index (κ1) is 21.8. The van der Waals surface area contributed by atoms with Gasteiger partial charge in [-0.3, -0.25) is 4.72 Å². The highest BCUT2D eigenvalue weighted by Gasteiger charge is 2.23. The Morgan fingerprint density at radius 1 is 1.23 bits per heavy atom. The van der Waals surface area contributed by atoms with Crippen LogP contribution in [-0.2, 0) is 14.8 Å². The van der Waals surface area contributed by atoms with E-state index >= 15 is 0 Å². The molecule has 1 heterocycles. The largest absolute Gasteiger partial charge is 0.495 e. The number of nitrogens with one attached hydrogen (secondary N) is 1. The van der Waals surface area contributed by atoms with Crippen LogP contribution >= 0.6 is 15.9 Å². The highest BCUT2D eigenvalue weighted by Crippen LogP contribution is 2.32. The van der Waals surface area contributed by atoms with Crippen molar-refractivity contribution in [2.75, 3.05) is 18.4 Å². The van der Waals surface area contributed by atoms with E-state index in [1.807, 2.05) is 0 Å². The molecule has 0 atom stereocenters. The average Bonchev–Trinajstić information content (AvgIpc) is 3.20. The molecule has 8 nitrogen and oxygen atoms in total. The number of aromatic nitrogens is 1. The van der Waals surface area contributed by atoms with Crippen molar-refractivity contribution in [1.29, 1.82) is 0 Å². The van der Waals surface area contributed by atoms with Crippen LogP contribution in [0.4, 0.5) is 10.1 Å². The predicted molar refractivity (Wildman–Crippen MR) is 109 cm³/mol. The standard InChI is InChI=1S/C19H16BrFN2O6S/c1-3-28-19(24)15-10-17(29-22-15)11-4-7-16(27-2)18(8-11)30(25,26)23-14-6-5-12(20)9-13(14)21/h4-10,23H,3H2,1-2H3. The Kier molecular flexibility index (Phi) is 6.42. The molecule has 0 amide bonds. The first-order valence-electron chi connectivity index (χ1n) is 8.55. The molecule has 3 aromatic rings. The lowest BCUT2D eigenvalue weighted by Gasteiger charge is -2.13. The number of halogens is 2. The number of sulfonamides is 1. The van der Waals surface area contributed by atoms with Gasteiger partial charge in [-0.2, -0.15) is 0 Å². The normalized spacial score (nSPS) is 11.2. The minimum atomic E-state index is -4.22. The first-order valence-corrected chi connectivity index (χ1v) is 10.8. The summed E-state index contributed by atoms with van der Waals surface area (Å²) >= 11 is 3.11. The highest BCUT2D eigenvalue weighted by atomic mass is 79.9. The van der Waals surface area contributed by atoms with E-state index in [-0.39, 0.29) is 34.4 Å². The smallest absolute Gasteiger partial charge is 0.360 e. The van der Waals surface area contributed by atoms with Crippen molar-refractivity contribution in [1.82, 2.24) is 5.16 Å². The van der Waals surface area contributed by atoms with Gasteiger partial charge in [0.1, 0.15) is 16.5 Å². The zero-order chi connectivity index (χ0) is 21.9. The second-order valence-corrected chi connectivity index (χ2v) is 8.46. The summed E-state index contributed by atoms with van der Waals surface area (Å²) in [5.41, 5.74) is 0.0348. The number of rotatable bonds is 7. The third kappa shape index (κ3) is 4.62. The molecule has 1 aromatic heterocycles. The van der Waals surface area contributed by atoms with Gasteiger partial charge in [0.25, 0.3) is 10.0 Å². The van der Waals surface area contributed by atoms with Gasteiger partial charge in [0.05, 0.1) is 19.4 Å². The van der Waals surface area contributed by atoms with Crippen molar-refractivity contribution < 1.29 is 31.6 Å². The molecule has 0 fully saturated rings. The third-order valence-corrected chi connectivity index (χ3v) is 5.79. The van der Waals surface area contributed by atoms with E-state index in [2.05, 4.69) is 25.8 Å².